The minimum Gasteiger partial charge on any atom is -0.366 e. The quantitative estimate of drug-likeness (QED) is 0.275. The Morgan fingerprint density at radius 2 is 2.09 bits per heavy atom. The number of halogens is 1. The molecule has 1 aliphatic heterocycles. The van der Waals surface area contributed by atoms with Gasteiger partial charge in [0.05, 0.1) is 36.5 Å². The fourth-order valence-electron chi connectivity index (χ4n) is 2.78. The average Bonchev–Trinajstić information content (AvgIpc) is 2.77. The monoisotopic (exact) mass is 494 g/mol. The lowest BCUT2D eigenvalue weighted by Crippen LogP contribution is -2.46. The highest BCUT2D eigenvalue weighted by molar-refractivity contribution is 8.13. The van der Waals surface area contributed by atoms with Crippen LogP contribution in [0.1, 0.15) is 42.9 Å². The summed E-state index contributed by atoms with van der Waals surface area (Å²) >= 11 is 1.16. The molecule has 0 spiro atoms. The number of amides is 3. The van der Waals surface area contributed by atoms with E-state index in [-0.39, 0.29) is 29.5 Å². The van der Waals surface area contributed by atoms with Crippen molar-refractivity contribution in [2.75, 3.05) is 5.75 Å². The maximum atomic E-state index is 14.1. The fraction of sp³-hybridized carbons (Fsp3) is 0.409. The van der Waals surface area contributed by atoms with Gasteiger partial charge in [-0.05, 0) is 25.5 Å². The van der Waals surface area contributed by atoms with Gasteiger partial charge in [-0.25, -0.2) is 9.37 Å². The van der Waals surface area contributed by atoms with Crippen LogP contribution in [-0.2, 0) is 25.7 Å². The number of carbonyl (C=O) groups is 4. The Kier molecular flexibility index (Phi) is 10.4. The van der Waals surface area contributed by atoms with Crippen LogP contribution in [0.5, 0.6) is 0 Å². The third-order valence-corrected chi connectivity index (χ3v) is 5.40. The first kappa shape index (κ1) is 27.2. The molecule has 1 aromatic heterocycles. The van der Waals surface area contributed by atoms with Crippen LogP contribution in [0, 0.1) is 5.82 Å². The van der Waals surface area contributed by atoms with Crippen LogP contribution in [0.15, 0.2) is 36.6 Å². The Labute approximate surface area is 200 Å². The predicted molar refractivity (Wildman–Crippen MR) is 123 cm³/mol. The van der Waals surface area contributed by atoms with E-state index in [0.717, 1.165) is 17.8 Å². The maximum absolute atomic E-state index is 14.1. The first-order valence-electron chi connectivity index (χ1n) is 10.4. The summed E-state index contributed by atoms with van der Waals surface area (Å²) < 4.78 is 19.7. The second-order valence-corrected chi connectivity index (χ2v) is 8.70. The standard InChI is InChI=1S/C22H27FN4O6S/c1-12-20(30)26-13(2)22(32)33-16(6-4-5-9-34-14(3)28)10-18(29)24-11-15-7-8-17(23)19(27-15)21(31)25-12/h4,6-8,13,16,22,32H,1,5,9-11H2,2-3H3,(H,24,29)(H,25,31)(H,26,30)/b6-4+/t13-,16+,22?/m0/s1. The Morgan fingerprint density at radius 3 is 2.79 bits per heavy atom. The van der Waals surface area contributed by atoms with E-state index in [4.69, 9.17) is 4.74 Å². The van der Waals surface area contributed by atoms with E-state index < -0.39 is 47.7 Å². The summed E-state index contributed by atoms with van der Waals surface area (Å²) in [6.45, 7) is 6.29. The van der Waals surface area contributed by atoms with Crippen LogP contribution in [0.3, 0.4) is 0 Å². The SMILES string of the molecule is C=C1NC(=O)c2nc(ccc2F)CNC(=O)C[C@@H](/C=C/CCSC(C)=O)OC(O)[C@H](C)NC1=O. The molecule has 0 fully saturated rings. The second-order valence-electron chi connectivity index (χ2n) is 7.43. The van der Waals surface area contributed by atoms with Crippen LogP contribution in [0.2, 0.25) is 0 Å². The van der Waals surface area contributed by atoms with Gasteiger partial charge in [0, 0.05) is 12.7 Å². The fourth-order valence-corrected chi connectivity index (χ4v) is 3.32. The zero-order chi connectivity index (χ0) is 25.3. The molecule has 2 heterocycles. The summed E-state index contributed by atoms with van der Waals surface area (Å²) in [6.07, 6.45) is 1.35. The van der Waals surface area contributed by atoms with E-state index in [1.807, 2.05) is 0 Å². The van der Waals surface area contributed by atoms with Gasteiger partial charge in [-0.1, -0.05) is 30.5 Å². The molecule has 1 unspecified atom stereocenters. The van der Waals surface area contributed by atoms with Crippen LogP contribution >= 0.6 is 11.8 Å². The summed E-state index contributed by atoms with van der Waals surface area (Å²) in [7, 11) is 0. The molecular formula is C22H27FN4O6S. The van der Waals surface area contributed by atoms with Gasteiger partial charge >= 0.3 is 0 Å². The summed E-state index contributed by atoms with van der Waals surface area (Å²) in [6, 6.07) is 1.39. The topological polar surface area (TPSA) is 147 Å². The molecule has 0 radical (unpaired) electrons. The lowest BCUT2D eigenvalue weighted by Gasteiger charge is -2.25. The number of carbonyl (C=O) groups excluding carboxylic acids is 4. The predicted octanol–water partition coefficient (Wildman–Crippen LogP) is 0.918. The van der Waals surface area contributed by atoms with Gasteiger partial charge < -0.3 is 25.8 Å². The minimum absolute atomic E-state index is 0.0101. The van der Waals surface area contributed by atoms with Gasteiger partial charge in [0.15, 0.2) is 22.9 Å². The molecule has 10 nitrogen and oxygen atoms in total. The Balaban J connectivity index is 2.23. The van der Waals surface area contributed by atoms with Crippen molar-refractivity contribution in [2.45, 2.75) is 51.7 Å². The number of aliphatic hydroxyl groups excluding tert-OH is 1. The van der Waals surface area contributed by atoms with E-state index in [1.54, 1.807) is 12.2 Å². The first-order valence-corrected chi connectivity index (χ1v) is 11.4. The molecule has 0 saturated carbocycles. The molecule has 4 N–H and O–H groups in total. The van der Waals surface area contributed by atoms with Crippen molar-refractivity contribution in [2.24, 2.45) is 0 Å². The van der Waals surface area contributed by atoms with Crippen LogP contribution < -0.4 is 16.0 Å². The first-order chi connectivity index (χ1) is 16.1. The largest absolute Gasteiger partial charge is 0.366 e. The minimum atomic E-state index is -1.50. The molecule has 0 saturated heterocycles. The Hall–Kier alpha value is -3.09. The average molecular weight is 495 g/mol. The van der Waals surface area contributed by atoms with E-state index in [9.17, 15) is 28.7 Å². The third-order valence-electron chi connectivity index (χ3n) is 4.55. The number of nitrogens with one attached hydrogen (secondary N) is 3. The number of hydrogen-bond donors (Lipinski definition) is 4. The Bertz CT molecular complexity index is 986. The smallest absolute Gasteiger partial charge is 0.277 e. The summed E-state index contributed by atoms with van der Waals surface area (Å²) in [4.78, 5) is 52.1. The van der Waals surface area contributed by atoms with Gasteiger partial charge in [0.25, 0.3) is 11.8 Å². The zero-order valence-corrected chi connectivity index (χ0v) is 19.6. The van der Waals surface area contributed by atoms with Gasteiger partial charge in [0.1, 0.15) is 0 Å². The molecule has 1 aromatic rings. The second kappa shape index (κ2) is 13.0. The van der Waals surface area contributed by atoms with Gasteiger partial charge in [-0.3, -0.25) is 19.2 Å². The van der Waals surface area contributed by atoms with Crippen LogP contribution in [-0.4, -0.2) is 57.1 Å². The molecule has 3 atom stereocenters. The molecule has 0 aliphatic carbocycles. The number of pyridine rings is 1. The van der Waals surface area contributed by atoms with E-state index >= 15 is 0 Å². The van der Waals surface area contributed by atoms with E-state index in [2.05, 4.69) is 27.5 Å². The lowest BCUT2D eigenvalue weighted by molar-refractivity contribution is -0.150. The summed E-state index contributed by atoms with van der Waals surface area (Å²) in [5.74, 6) is -2.62. The number of fused-ring (bicyclic) bond motifs is 2. The van der Waals surface area contributed by atoms with Crippen molar-refractivity contribution in [3.8, 4) is 0 Å². The number of allylic oxidation sites excluding steroid dienone is 1. The van der Waals surface area contributed by atoms with Crippen molar-refractivity contribution < 1.29 is 33.4 Å². The highest BCUT2D eigenvalue weighted by atomic mass is 32.2. The zero-order valence-electron chi connectivity index (χ0n) is 18.8. The highest BCUT2D eigenvalue weighted by Gasteiger charge is 2.25. The van der Waals surface area contributed by atoms with Crippen molar-refractivity contribution in [3.05, 3.63) is 53.8 Å². The molecule has 1 aliphatic rings. The van der Waals surface area contributed by atoms with E-state index in [1.165, 1.54) is 19.9 Å². The lowest BCUT2D eigenvalue weighted by atomic mass is 10.2. The van der Waals surface area contributed by atoms with Gasteiger partial charge in [-0.2, -0.15) is 0 Å². The molecule has 12 heteroatoms. The maximum Gasteiger partial charge on any atom is 0.277 e. The molecule has 2 rings (SSSR count). The number of rotatable bonds is 4. The number of hydrogen-bond acceptors (Lipinski definition) is 8. The van der Waals surface area contributed by atoms with Crippen molar-refractivity contribution in [1.29, 1.82) is 0 Å². The molecule has 184 valence electrons. The van der Waals surface area contributed by atoms with Gasteiger partial charge in [-0.15, -0.1) is 0 Å². The number of thioether (sulfide) groups is 1. The van der Waals surface area contributed by atoms with Crippen molar-refractivity contribution >= 4 is 34.6 Å². The van der Waals surface area contributed by atoms with Crippen molar-refractivity contribution in [1.82, 2.24) is 20.9 Å². The highest BCUT2D eigenvalue weighted by Crippen LogP contribution is 2.12. The molecular weight excluding hydrogens is 467 g/mol. The molecule has 34 heavy (non-hydrogen) atoms. The molecule has 3 amide bonds. The summed E-state index contributed by atoms with van der Waals surface area (Å²) in [5.41, 5.74) is -0.728. The number of ether oxygens (including phenoxy) is 1. The van der Waals surface area contributed by atoms with E-state index in [0.29, 0.717) is 12.2 Å². The third kappa shape index (κ3) is 8.69. The number of nitrogens with zero attached hydrogens (tertiary/aromatic N) is 1. The number of aromatic nitrogens is 1. The van der Waals surface area contributed by atoms with Gasteiger partial charge in [0.2, 0.25) is 5.91 Å². The van der Waals surface area contributed by atoms with Crippen molar-refractivity contribution in [3.63, 3.8) is 0 Å². The molecule has 2 bridgehead atoms. The van der Waals surface area contributed by atoms with Crippen LogP contribution in [0.25, 0.3) is 0 Å². The number of aliphatic hydroxyl groups is 1. The summed E-state index contributed by atoms with van der Waals surface area (Å²) in [5, 5.41) is 17.6. The Morgan fingerprint density at radius 1 is 1.35 bits per heavy atom. The molecule has 0 aromatic carbocycles. The van der Waals surface area contributed by atoms with Crippen LogP contribution in [0.4, 0.5) is 4.39 Å². The normalized spacial score (nSPS) is 22.8.